The maximum absolute atomic E-state index is 13.8. The van der Waals surface area contributed by atoms with Gasteiger partial charge in [-0.15, -0.1) is 0 Å². The number of imide groups is 1. The Morgan fingerprint density at radius 2 is 1.47 bits per heavy atom. The van der Waals surface area contributed by atoms with Crippen molar-refractivity contribution in [2.75, 3.05) is 4.90 Å². The van der Waals surface area contributed by atoms with Gasteiger partial charge in [-0.2, -0.15) is 5.23 Å². The van der Waals surface area contributed by atoms with Gasteiger partial charge in [0.1, 0.15) is 0 Å². The Hall–Kier alpha value is -3.32. The zero-order valence-corrected chi connectivity index (χ0v) is 17.5. The topological polar surface area (TPSA) is 85.1 Å². The van der Waals surface area contributed by atoms with Crippen molar-refractivity contribution in [3.05, 3.63) is 99.8 Å². The van der Waals surface area contributed by atoms with Crippen molar-refractivity contribution in [2.24, 2.45) is 11.8 Å². The molecule has 6 nitrogen and oxygen atoms in total. The molecule has 3 aromatic rings. The van der Waals surface area contributed by atoms with Gasteiger partial charge in [0.25, 0.3) is 0 Å². The highest BCUT2D eigenvalue weighted by Gasteiger charge is 2.61. The predicted octanol–water partition coefficient (Wildman–Crippen LogP) is 3.05. The highest BCUT2D eigenvalue weighted by Crippen LogP contribution is 2.61. The van der Waals surface area contributed by atoms with Crippen molar-refractivity contribution in [3.8, 4) is 0 Å². The van der Waals surface area contributed by atoms with Gasteiger partial charge < -0.3 is 5.21 Å². The fraction of sp³-hybridized carbons (Fsp3) is 0.231. The molecule has 2 bridgehead atoms. The number of aryl methyl sites for hydroxylation is 1. The number of carbonyl (C=O) groups is 2. The van der Waals surface area contributed by atoms with Gasteiger partial charge in [-0.1, -0.05) is 55.5 Å². The van der Waals surface area contributed by atoms with E-state index in [1.807, 2.05) is 12.1 Å². The van der Waals surface area contributed by atoms with E-state index in [1.165, 1.54) is 22.6 Å². The van der Waals surface area contributed by atoms with Crippen LogP contribution in [0.25, 0.3) is 0 Å². The Balaban J connectivity index is 1.53. The summed E-state index contributed by atoms with van der Waals surface area (Å²) in [4.78, 5) is 28.7. The van der Waals surface area contributed by atoms with Crippen LogP contribution in [-0.4, -0.2) is 17.0 Å². The number of benzene rings is 3. The summed E-state index contributed by atoms with van der Waals surface area (Å²) in [7, 11) is 0. The first-order chi connectivity index (χ1) is 15.5. The maximum atomic E-state index is 13.8. The average molecular weight is 426 g/mol. The molecule has 6 heteroatoms. The van der Waals surface area contributed by atoms with E-state index in [9.17, 15) is 20.0 Å². The average Bonchev–Trinajstić information content (AvgIpc) is 3.09. The Bertz CT molecular complexity index is 1280. The monoisotopic (exact) mass is 426 g/mol. The van der Waals surface area contributed by atoms with Crippen LogP contribution in [0.15, 0.2) is 66.7 Å². The smallest absolute Gasteiger partial charge is 0.238 e. The van der Waals surface area contributed by atoms with E-state index in [0.29, 0.717) is 5.69 Å². The Morgan fingerprint density at radius 1 is 0.844 bits per heavy atom. The number of quaternary nitrogens is 1. The zero-order valence-electron chi connectivity index (χ0n) is 17.5. The molecule has 32 heavy (non-hydrogen) atoms. The van der Waals surface area contributed by atoms with Gasteiger partial charge in [0.2, 0.25) is 11.8 Å². The van der Waals surface area contributed by atoms with Crippen LogP contribution in [0.5, 0.6) is 0 Å². The van der Waals surface area contributed by atoms with Crippen molar-refractivity contribution < 1.29 is 20.0 Å². The molecule has 1 saturated heterocycles. The lowest BCUT2D eigenvalue weighted by molar-refractivity contribution is -0.991. The van der Waals surface area contributed by atoms with Crippen LogP contribution >= 0.6 is 0 Å². The summed E-state index contributed by atoms with van der Waals surface area (Å²) < 4.78 is 0. The zero-order chi connectivity index (χ0) is 22.1. The fourth-order valence-corrected chi connectivity index (χ4v) is 6.03. The van der Waals surface area contributed by atoms with Crippen LogP contribution in [0.3, 0.4) is 0 Å². The van der Waals surface area contributed by atoms with Crippen molar-refractivity contribution in [1.82, 2.24) is 0 Å². The van der Waals surface area contributed by atoms with E-state index in [-0.39, 0.29) is 29.3 Å². The van der Waals surface area contributed by atoms with Crippen molar-refractivity contribution in [2.45, 2.75) is 25.2 Å². The number of anilines is 1. The molecule has 0 aromatic heterocycles. The molecule has 0 spiro atoms. The Kier molecular flexibility index (Phi) is 4.14. The second-order valence-corrected chi connectivity index (χ2v) is 8.82. The van der Waals surface area contributed by atoms with Gasteiger partial charge in [-0.3, -0.25) is 9.59 Å². The number of carbonyl (C=O) groups excluding carboxylic acids is 2. The van der Waals surface area contributed by atoms with Crippen LogP contribution in [-0.2, 0) is 16.0 Å². The molecule has 1 aliphatic heterocycles. The van der Waals surface area contributed by atoms with E-state index in [2.05, 4.69) is 37.3 Å². The molecule has 7 rings (SSSR count). The van der Waals surface area contributed by atoms with Gasteiger partial charge in [0, 0.05) is 24.0 Å². The summed E-state index contributed by atoms with van der Waals surface area (Å²) >= 11 is 0. The third kappa shape index (κ3) is 2.45. The number of hydrogen-bond donors (Lipinski definition) is 2. The van der Waals surface area contributed by atoms with Gasteiger partial charge in [0.05, 0.1) is 17.5 Å². The fourth-order valence-electron chi connectivity index (χ4n) is 6.03. The summed E-state index contributed by atoms with van der Waals surface area (Å²) in [6.07, 6.45) is 0.904. The van der Waals surface area contributed by atoms with Gasteiger partial charge in [-0.05, 0) is 40.3 Å². The van der Waals surface area contributed by atoms with E-state index < -0.39 is 17.1 Å². The summed E-state index contributed by atoms with van der Waals surface area (Å²) in [5.41, 5.74) is 6.13. The summed E-state index contributed by atoms with van der Waals surface area (Å²) in [6, 6.07) is 20.7. The van der Waals surface area contributed by atoms with Crippen LogP contribution in [0.4, 0.5) is 11.4 Å². The lowest BCUT2D eigenvalue weighted by atomic mass is 9.55. The molecule has 2 amide bonds. The van der Waals surface area contributed by atoms with E-state index >= 15 is 0 Å². The SMILES string of the molecule is CCc1ccc2c(c1)C1c3ccccc3C2C2C(=O)N(c3cccc([NH+]([O-])O)c3)C(=O)C12. The highest BCUT2D eigenvalue weighted by atomic mass is 16.8. The molecule has 3 aliphatic carbocycles. The predicted molar refractivity (Wildman–Crippen MR) is 118 cm³/mol. The molecule has 0 radical (unpaired) electrons. The second kappa shape index (κ2) is 6.84. The minimum Gasteiger partial charge on any atom is -0.595 e. The van der Waals surface area contributed by atoms with E-state index in [0.717, 1.165) is 28.7 Å². The molecule has 4 aliphatic rings. The minimum atomic E-state index is -1.09. The highest BCUT2D eigenvalue weighted by molar-refractivity contribution is 6.23. The molecule has 3 aromatic carbocycles. The Labute approximate surface area is 185 Å². The van der Waals surface area contributed by atoms with Crippen molar-refractivity contribution in [3.63, 3.8) is 0 Å². The standard InChI is InChI=1S/C26H22N2O4/c1-2-14-10-11-19-20(12-14)22-18-9-4-3-8-17(18)21(19)23-24(22)26(30)27(25(23)29)15-6-5-7-16(13-15)28(31)32/h3-13,21-24,28,31H,2H2,1H3. The molecular formula is C26H22N2O4. The van der Waals surface area contributed by atoms with Crippen LogP contribution < -0.4 is 10.1 Å². The molecule has 0 saturated carbocycles. The van der Waals surface area contributed by atoms with Crippen molar-refractivity contribution in [1.29, 1.82) is 0 Å². The molecule has 5 atom stereocenters. The molecular weight excluding hydrogens is 404 g/mol. The largest absolute Gasteiger partial charge is 0.595 e. The number of hydrogen-bond acceptors (Lipinski definition) is 4. The molecule has 1 fully saturated rings. The van der Waals surface area contributed by atoms with Gasteiger partial charge in [-0.25, -0.2) is 10.1 Å². The van der Waals surface area contributed by atoms with Crippen LogP contribution in [0, 0.1) is 17.0 Å². The van der Waals surface area contributed by atoms with Gasteiger partial charge >= 0.3 is 0 Å². The van der Waals surface area contributed by atoms with E-state index in [4.69, 9.17) is 0 Å². The van der Waals surface area contributed by atoms with Crippen LogP contribution in [0.2, 0.25) is 0 Å². The quantitative estimate of drug-likeness (QED) is 0.498. The Morgan fingerprint density at radius 3 is 2.09 bits per heavy atom. The minimum absolute atomic E-state index is 0.0557. The summed E-state index contributed by atoms with van der Waals surface area (Å²) in [6.45, 7) is 2.11. The molecule has 2 N–H and O–H groups in total. The number of nitrogens with one attached hydrogen (secondary N) is 1. The lowest BCUT2D eigenvalue weighted by Crippen LogP contribution is -2.99. The number of rotatable bonds is 3. The lowest BCUT2D eigenvalue weighted by Gasteiger charge is -2.46. The number of nitrogens with zero attached hydrogens (tertiary/aromatic N) is 1. The van der Waals surface area contributed by atoms with Crippen LogP contribution in [0.1, 0.15) is 46.6 Å². The maximum Gasteiger partial charge on any atom is 0.238 e. The normalized spacial score (nSPS) is 26.0. The first-order valence-corrected chi connectivity index (χ1v) is 10.9. The first kappa shape index (κ1) is 19.4. The van der Waals surface area contributed by atoms with E-state index in [1.54, 1.807) is 12.1 Å². The first-order valence-electron chi connectivity index (χ1n) is 10.9. The van der Waals surface area contributed by atoms with Crippen molar-refractivity contribution >= 4 is 23.2 Å². The molecule has 1 heterocycles. The molecule has 5 unspecified atom stereocenters. The third-order valence-corrected chi connectivity index (χ3v) is 7.36. The summed E-state index contributed by atoms with van der Waals surface area (Å²) in [5, 5.41) is 19.8. The van der Waals surface area contributed by atoms with Gasteiger partial charge in [0.15, 0.2) is 5.69 Å². The molecule has 160 valence electrons. The summed E-state index contributed by atoms with van der Waals surface area (Å²) in [5.74, 6) is -1.78. The second-order valence-electron chi connectivity index (χ2n) is 8.82. The third-order valence-electron chi connectivity index (χ3n) is 7.36. The number of amides is 2.